The van der Waals surface area contributed by atoms with Crippen LogP contribution in [0.2, 0.25) is 0 Å². The van der Waals surface area contributed by atoms with Crippen LogP contribution in [0.4, 0.5) is 0 Å². The molecule has 0 bridgehead atoms. The van der Waals surface area contributed by atoms with Crippen molar-refractivity contribution in [1.29, 1.82) is 0 Å². The van der Waals surface area contributed by atoms with Crippen LogP contribution in [0.3, 0.4) is 0 Å². The van der Waals surface area contributed by atoms with E-state index in [2.05, 4.69) is 45.3 Å². The third-order valence-corrected chi connectivity index (χ3v) is 2.92. The van der Waals surface area contributed by atoms with Crippen LogP contribution in [0, 0.1) is 0 Å². The number of hydrogen-bond donors (Lipinski definition) is 2. The van der Waals surface area contributed by atoms with Crippen molar-refractivity contribution in [2.24, 2.45) is 10.7 Å². The molecule has 0 spiro atoms. The van der Waals surface area contributed by atoms with E-state index in [1.807, 2.05) is 12.1 Å². The first-order valence-electron chi connectivity index (χ1n) is 4.44. The highest BCUT2D eigenvalue weighted by atomic mass is 79.9. The fraction of sp³-hybridized carbons (Fsp3) is 0.300. The zero-order valence-corrected chi connectivity index (χ0v) is 9.51. The standard InChI is InChI=1S/C10H12BrN3/c1-10(6-13-9(12)14-10)7-3-2-4-8(11)5-7/h2-5H,6H2,1H3,(H3,12,13,14). The second kappa shape index (κ2) is 3.28. The lowest BCUT2D eigenvalue weighted by Crippen LogP contribution is -2.42. The van der Waals surface area contributed by atoms with Crippen LogP contribution in [0.25, 0.3) is 0 Å². The molecule has 1 aliphatic heterocycles. The molecule has 0 radical (unpaired) electrons. The van der Waals surface area contributed by atoms with Crippen molar-refractivity contribution < 1.29 is 0 Å². The number of halogens is 1. The number of aliphatic imine (C=N–C) groups is 1. The maximum Gasteiger partial charge on any atom is 0.189 e. The van der Waals surface area contributed by atoms with E-state index >= 15 is 0 Å². The predicted octanol–water partition coefficient (Wildman–Crippen LogP) is 1.58. The van der Waals surface area contributed by atoms with Gasteiger partial charge in [-0.1, -0.05) is 28.1 Å². The largest absolute Gasteiger partial charge is 0.370 e. The van der Waals surface area contributed by atoms with Crippen LogP contribution >= 0.6 is 15.9 Å². The summed E-state index contributed by atoms with van der Waals surface area (Å²) in [6.45, 7) is 2.79. The molecule has 0 aromatic heterocycles. The van der Waals surface area contributed by atoms with E-state index in [1.165, 1.54) is 5.56 Å². The number of benzene rings is 1. The van der Waals surface area contributed by atoms with Crippen LogP contribution in [0.1, 0.15) is 12.5 Å². The SMILES string of the molecule is CC1(c2cccc(Br)c2)CN=C(N)N1. The molecular weight excluding hydrogens is 242 g/mol. The molecular formula is C10H12BrN3. The average molecular weight is 254 g/mol. The molecule has 1 atom stereocenters. The third kappa shape index (κ3) is 1.62. The molecule has 4 heteroatoms. The maximum atomic E-state index is 5.61. The van der Waals surface area contributed by atoms with E-state index in [4.69, 9.17) is 5.73 Å². The number of rotatable bonds is 1. The molecule has 0 saturated carbocycles. The Kier molecular flexibility index (Phi) is 2.23. The molecule has 2 rings (SSSR count). The zero-order chi connectivity index (χ0) is 10.2. The first-order chi connectivity index (χ1) is 6.60. The summed E-state index contributed by atoms with van der Waals surface area (Å²) < 4.78 is 1.07. The van der Waals surface area contributed by atoms with Gasteiger partial charge in [-0.25, -0.2) is 0 Å². The normalized spacial score (nSPS) is 25.7. The Morgan fingerprint density at radius 3 is 2.93 bits per heavy atom. The van der Waals surface area contributed by atoms with Gasteiger partial charge in [0.05, 0.1) is 12.1 Å². The van der Waals surface area contributed by atoms with Gasteiger partial charge in [0.25, 0.3) is 0 Å². The number of hydrogen-bond acceptors (Lipinski definition) is 3. The molecule has 3 nitrogen and oxygen atoms in total. The van der Waals surface area contributed by atoms with E-state index in [9.17, 15) is 0 Å². The number of nitrogens with two attached hydrogens (primary N) is 1. The summed E-state index contributed by atoms with van der Waals surface area (Å²) in [4.78, 5) is 4.16. The van der Waals surface area contributed by atoms with E-state index in [1.54, 1.807) is 0 Å². The lowest BCUT2D eigenvalue weighted by Gasteiger charge is -2.24. The topological polar surface area (TPSA) is 50.4 Å². The van der Waals surface area contributed by atoms with E-state index in [0.717, 1.165) is 4.47 Å². The number of nitrogens with zero attached hydrogens (tertiary/aromatic N) is 1. The van der Waals surface area contributed by atoms with Gasteiger partial charge >= 0.3 is 0 Å². The highest BCUT2D eigenvalue weighted by molar-refractivity contribution is 9.10. The van der Waals surface area contributed by atoms with Crippen molar-refractivity contribution in [2.75, 3.05) is 6.54 Å². The van der Waals surface area contributed by atoms with Gasteiger partial charge in [-0.3, -0.25) is 4.99 Å². The lowest BCUT2D eigenvalue weighted by atomic mass is 9.93. The Balaban J connectivity index is 2.32. The van der Waals surface area contributed by atoms with Gasteiger partial charge in [0.1, 0.15) is 0 Å². The minimum absolute atomic E-state index is 0.159. The van der Waals surface area contributed by atoms with Crippen LogP contribution in [0.5, 0.6) is 0 Å². The van der Waals surface area contributed by atoms with Gasteiger partial charge in [-0.15, -0.1) is 0 Å². The minimum Gasteiger partial charge on any atom is -0.370 e. The minimum atomic E-state index is -0.159. The van der Waals surface area contributed by atoms with Crippen LogP contribution in [-0.2, 0) is 5.54 Å². The Hall–Kier alpha value is -1.03. The molecule has 74 valence electrons. The summed E-state index contributed by atoms with van der Waals surface area (Å²) in [6.07, 6.45) is 0. The molecule has 0 fully saturated rings. The zero-order valence-electron chi connectivity index (χ0n) is 7.92. The van der Waals surface area contributed by atoms with Gasteiger partial charge in [-0.2, -0.15) is 0 Å². The quantitative estimate of drug-likeness (QED) is 0.799. The van der Waals surface area contributed by atoms with Crippen molar-refractivity contribution in [3.63, 3.8) is 0 Å². The van der Waals surface area contributed by atoms with E-state index in [-0.39, 0.29) is 5.54 Å². The second-order valence-electron chi connectivity index (χ2n) is 3.67. The fourth-order valence-corrected chi connectivity index (χ4v) is 2.00. The smallest absolute Gasteiger partial charge is 0.189 e. The van der Waals surface area contributed by atoms with Gasteiger partial charge in [0, 0.05) is 4.47 Å². The molecule has 3 N–H and O–H groups in total. The highest BCUT2D eigenvalue weighted by Gasteiger charge is 2.31. The third-order valence-electron chi connectivity index (χ3n) is 2.43. The molecule has 14 heavy (non-hydrogen) atoms. The van der Waals surface area contributed by atoms with Crippen molar-refractivity contribution in [3.05, 3.63) is 34.3 Å². The summed E-state index contributed by atoms with van der Waals surface area (Å²) in [5.74, 6) is 0.521. The van der Waals surface area contributed by atoms with Crippen LogP contribution in [-0.4, -0.2) is 12.5 Å². The Bertz CT molecular complexity index is 389. The first kappa shape index (κ1) is 9.52. The molecule has 0 saturated heterocycles. The van der Waals surface area contributed by atoms with Crippen molar-refractivity contribution in [2.45, 2.75) is 12.5 Å². The summed E-state index contributed by atoms with van der Waals surface area (Å²) >= 11 is 3.45. The molecule has 0 amide bonds. The summed E-state index contributed by atoms with van der Waals surface area (Å²) in [5, 5.41) is 3.18. The summed E-state index contributed by atoms with van der Waals surface area (Å²) in [6, 6.07) is 8.18. The van der Waals surface area contributed by atoms with Crippen LogP contribution in [0.15, 0.2) is 33.7 Å². The molecule has 1 aromatic rings. The van der Waals surface area contributed by atoms with Gasteiger partial charge in [-0.05, 0) is 24.6 Å². The van der Waals surface area contributed by atoms with Crippen molar-refractivity contribution >= 4 is 21.9 Å². The van der Waals surface area contributed by atoms with Gasteiger partial charge in [0.2, 0.25) is 0 Å². The first-order valence-corrected chi connectivity index (χ1v) is 5.24. The molecule has 1 aromatic carbocycles. The number of nitrogens with one attached hydrogen (secondary N) is 1. The Morgan fingerprint density at radius 2 is 2.36 bits per heavy atom. The second-order valence-corrected chi connectivity index (χ2v) is 4.58. The maximum absolute atomic E-state index is 5.61. The Morgan fingerprint density at radius 1 is 1.57 bits per heavy atom. The number of guanidine groups is 1. The Labute approximate surface area is 91.5 Å². The lowest BCUT2D eigenvalue weighted by molar-refractivity contribution is 0.479. The monoisotopic (exact) mass is 253 g/mol. The van der Waals surface area contributed by atoms with Crippen LogP contribution < -0.4 is 11.1 Å². The van der Waals surface area contributed by atoms with Gasteiger partial charge in [0.15, 0.2) is 5.96 Å². The molecule has 1 heterocycles. The van der Waals surface area contributed by atoms with Crippen molar-refractivity contribution in [1.82, 2.24) is 5.32 Å². The average Bonchev–Trinajstić information content (AvgIpc) is 2.48. The molecule has 1 aliphatic rings. The summed E-state index contributed by atoms with van der Waals surface area (Å²) in [7, 11) is 0. The molecule has 1 unspecified atom stereocenters. The van der Waals surface area contributed by atoms with Crippen molar-refractivity contribution in [3.8, 4) is 0 Å². The predicted molar refractivity (Wildman–Crippen MR) is 61.1 cm³/mol. The van der Waals surface area contributed by atoms with E-state index < -0.39 is 0 Å². The molecule has 0 aliphatic carbocycles. The highest BCUT2D eigenvalue weighted by Crippen LogP contribution is 2.26. The summed E-state index contributed by atoms with van der Waals surface area (Å²) in [5.41, 5.74) is 6.64. The van der Waals surface area contributed by atoms with Gasteiger partial charge < -0.3 is 11.1 Å². The fourth-order valence-electron chi connectivity index (χ4n) is 1.60. The van der Waals surface area contributed by atoms with E-state index in [0.29, 0.717) is 12.5 Å².